The maximum Gasteiger partial charge on any atom is 0.196 e. The first-order chi connectivity index (χ1) is 8.95. The second-order valence-corrected chi connectivity index (χ2v) is 4.97. The fraction of sp³-hybridized carbons (Fsp3) is 0.167. The summed E-state index contributed by atoms with van der Waals surface area (Å²) in [5.41, 5.74) is 11.6. The number of anilines is 2. The summed E-state index contributed by atoms with van der Waals surface area (Å²) in [6.07, 6.45) is -0.795. The topological polar surface area (TPSA) is 98.0 Å². The Balaban J connectivity index is 2.37. The van der Waals surface area contributed by atoms with E-state index in [1.54, 1.807) is 13.0 Å². The number of hydrogen-bond donors (Lipinski definition) is 3. The van der Waals surface area contributed by atoms with Crippen LogP contribution in [0.4, 0.5) is 16.0 Å². The van der Waals surface area contributed by atoms with E-state index in [0.29, 0.717) is 15.6 Å². The molecule has 1 unspecified atom stereocenters. The molecule has 0 amide bonds. The highest BCUT2D eigenvalue weighted by Gasteiger charge is 2.12. The summed E-state index contributed by atoms with van der Waals surface area (Å²) in [5, 5.41) is 10.00. The highest BCUT2D eigenvalue weighted by Crippen LogP contribution is 2.32. The van der Waals surface area contributed by atoms with Crippen LogP contribution in [0.3, 0.4) is 0 Å². The van der Waals surface area contributed by atoms with Crippen LogP contribution in [0.2, 0.25) is 0 Å². The summed E-state index contributed by atoms with van der Waals surface area (Å²) in [4.78, 5) is 8.71. The molecular weight excluding hydrogens is 267 g/mol. The third-order valence-electron chi connectivity index (χ3n) is 2.37. The van der Waals surface area contributed by atoms with Crippen molar-refractivity contribution < 1.29 is 9.50 Å². The lowest BCUT2D eigenvalue weighted by Crippen LogP contribution is -2.00. The van der Waals surface area contributed by atoms with Crippen molar-refractivity contribution >= 4 is 23.4 Å². The van der Waals surface area contributed by atoms with Crippen LogP contribution in [0.1, 0.15) is 18.6 Å². The number of nitrogens with two attached hydrogens (primary N) is 2. The van der Waals surface area contributed by atoms with Gasteiger partial charge in [-0.15, -0.1) is 0 Å². The molecule has 0 aliphatic rings. The zero-order chi connectivity index (χ0) is 14.0. The van der Waals surface area contributed by atoms with Crippen LogP contribution in [0, 0.1) is 5.82 Å². The van der Waals surface area contributed by atoms with Gasteiger partial charge in [0.2, 0.25) is 0 Å². The standard InChI is InChI=1S/C12H13FN4OS/c1-6(18)8-4-7(13)2-3-9(8)19-12-16-10(14)5-11(15)17-12/h2-6,18H,1H3,(H4,14,15,16,17). The minimum atomic E-state index is -0.795. The highest BCUT2D eigenvalue weighted by molar-refractivity contribution is 7.99. The Morgan fingerprint density at radius 1 is 1.21 bits per heavy atom. The summed E-state index contributed by atoms with van der Waals surface area (Å²) in [6, 6.07) is 5.60. The van der Waals surface area contributed by atoms with Crippen LogP contribution in [0.5, 0.6) is 0 Å². The first kappa shape index (κ1) is 13.6. The van der Waals surface area contributed by atoms with E-state index in [1.807, 2.05) is 0 Å². The van der Waals surface area contributed by atoms with E-state index < -0.39 is 11.9 Å². The third kappa shape index (κ3) is 3.33. The lowest BCUT2D eigenvalue weighted by atomic mass is 10.1. The predicted octanol–water partition coefficient (Wildman–Crippen LogP) is 1.98. The molecule has 0 spiro atoms. The van der Waals surface area contributed by atoms with Crippen molar-refractivity contribution in [2.24, 2.45) is 0 Å². The van der Waals surface area contributed by atoms with E-state index >= 15 is 0 Å². The van der Waals surface area contributed by atoms with Gasteiger partial charge in [0.15, 0.2) is 5.16 Å². The fourth-order valence-electron chi connectivity index (χ4n) is 1.54. The zero-order valence-electron chi connectivity index (χ0n) is 10.2. The van der Waals surface area contributed by atoms with Gasteiger partial charge in [-0.25, -0.2) is 14.4 Å². The third-order valence-corrected chi connectivity index (χ3v) is 3.33. The molecule has 100 valence electrons. The number of aliphatic hydroxyl groups excluding tert-OH is 1. The van der Waals surface area contributed by atoms with Crippen molar-refractivity contribution in [1.82, 2.24) is 9.97 Å². The summed E-state index contributed by atoms with van der Waals surface area (Å²) in [7, 11) is 0. The van der Waals surface area contributed by atoms with Crippen LogP contribution in [0.25, 0.3) is 0 Å². The van der Waals surface area contributed by atoms with E-state index in [9.17, 15) is 9.50 Å². The molecule has 0 fully saturated rings. The molecule has 0 aliphatic carbocycles. The number of nitrogen functional groups attached to an aromatic ring is 2. The lowest BCUT2D eigenvalue weighted by Gasteiger charge is -2.11. The summed E-state index contributed by atoms with van der Waals surface area (Å²) in [6.45, 7) is 1.56. The molecule has 0 bridgehead atoms. The summed E-state index contributed by atoms with van der Waals surface area (Å²) in [5.74, 6) is 0.111. The van der Waals surface area contributed by atoms with Crippen LogP contribution < -0.4 is 11.5 Å². The van der Waals surface area contributed by atoms with Crippen LogP contribution >= 0.6 is 11.8 Å². The first-order valence-electron chi connectivity index (χ1n) is 5.51. The normalized spacial score (nSPS) is 12.4. The summed E-state index contributed by atoms with van der Waals surface area (Å²) >= 11 is 1.17. The second kappa shape index (κ2) is 5.41. The molecule has 1 heterocycles. The number of nitrogens with zero attached hydrogens (tertiary/aromatic N) is 2. The number of halogens is 1. The van der Waals surface area contributed by atoms with Gasteiger partial charge in [-0.1, -0.05) is 0 Å². The van der Waals surface area contributed by atoms with E-state index in [2.05, 4.69) is 9.97 Å². The minimum absolute atomic E-state index is 0.260. The van der Waals surface area contributed by atoms with Crippen molar-refractivity contribution in [3.8, 4) is 0 Å². The number of hydrogen-bond acceptors (Lipinski definition) is 6. The van der Waals surface area contributed by atoms with Gasteiger partial charge in [-0.2, -0.15) is 0 Å². The lowest BCUT2D eigenvalue weighted by molar-refractivity contribution is 0.196. The molecule has 0 aliphatic heterocycles. The van der Waals surface area contributed by atoms with Gasteiger partial charge in [0.1, 0.15) is 17.5 Å². The van der Waals surface area contributed by atoms with E-state index in [0.717, 1.165) is 0 Å². The molecule has 1 atom stereocenters. The fourth-order valence-corrected chi connectivity index (χ4v) is 2.53. The van der Waals surface area contributed by atoms with Crippen LogP contribution in [-0.4, -0.2) is 15.1 Å². The Kier molecular flexibility index (Phi) is 3.87. The maximum atomic E-state index is 13.2. The first-order valence-corrected chi connectivity index (χ1v) is 6.33. The molecule has 1 aromatic heterocycles. The molecule has 2 aromatic rings. The van der Waals surface area contributed by atoms with Crippen molar-refractivity contribution in [3.63, 3.8) is 0 Å². The summed E-state index contributed by atoms with van der Waals surface area (Å²) < 4.78 is 13.2. The number of benzene rings is 1. The SMILES string of the molecule is CC(O)c1cc(F)ccc1Sc1nc(N)cc(N)n1. The van der Waals surface area contributed by atoms with Gasteiger partial charge in [0.05, 0.1) is 6.10 Å². The van der Waals surface area contributed by atoms with Crippen molar-refractivity contribution in [2.45, 2.75) is 23.1 Å². The average molecular weight is 280 g/mol. The van der Waals surface area contributed by atoms with Crippen molar-refractivity contribution in [2.75, 3.05) is 11.5 Å². The maximum absolute atomic E-state index is 13.2. The highest BCUT2D eigenvalue weighted by atomic mass is 32.2. The molecule has 1 aromatic carbocycles. The van der Waals surface area contributed by atoms with Gasteiger partial charge >= 0.3 is 0 Å². The van der Waals surface area contributed by atoms with Crippen molar-refractivity contribution in [3.05, 3.63) is 35.6 Å². The predicted molar refractivity (Wildman–Crippen MR) is 72.0 cm³/mol. The molecule has 7 heteroatoms. The van der Waals surface area contributed by atoms with Gasteiger partial charge < -0.3 is 16.6 Å². The van der Waals surface area contributed by atoms with Gasteiger partial charge in [-0.3, -0.25) is 0 Å². The van der Waals surface area contributed by atoms with Crippen molar-refractivity contribution in [1.29, 1.82) is 0 Å². The second-order valence-electron chi connectivity index (χ2n) is 3.96. The molecule has 0 radical (unpaired) electrons. The quantitative estimate of drug-likeness (QED) is 0.744. The molecule has 5 nitrogen and oxygen atoms in total. The number of aliphatic hydroxyl groups is 1. The minimum Gasteiger partial charge on any atom is -0.389 e. The molecule has 2 rings (SSSR count). The van der Waals surface area contributed by atoms with Gasteiger partial charge in [-0.05, 0) is 42.4 Å². The van der Waals surface area contributed by atoms with E-state index in [-0.39, 0.29) is 11.6 Å². The number of aromatic nitrogens is 2. The Morgan fingerprint density at radius 2 is 1.84 bits per heavy atom. The van der Waals surface area contributed by atoms with E-state index in [4.69, 9.17) is 11.5 Å². The average Bonchev–Trinajstić information content (AvgIpc) is 2.30. The Hall–Kier alpha value is -1.86. The largest absolute Gasteiger partial charge is 0.389 e. The monoisotopic (exact) mass is 280 g/mol. The molecule has 0 saturated heterocycles. The Labute approximate surface area is 113 Å². The molecular formula is C12H13FN4OS. The van der Waals surface area contributed by atoms with Crippen LogP contribution in [-0.2, 0) is 0 Å². The van der Waals surface area contributed by atoms with Crippen LogP contribution in [0.15, 0.2) is 34.3 Å². The van der Waals surface area contributed by atoms with Gasteiger partial charge in [0.25, 0.3) is 0 Å². The smallest absolute Gasteiger partial charge is 0.196 e. The van der Waals surface area contributed by atoms with Gasteiger partial charge in [0, 0.05) is 11.0 Å². The zero-order valence-corrected chi connectivity index (χ0v) is 11.0. The molecule has 19 heavy (non-hydrogen) atoms. The molecule has 5 N–H and O–H groups in total. The Morgan fingerprint density at radius 3 is 2.42 bits per heavy atom. The van der Waals surface area contributed by atoms with E-state index in [1.165, 1.54) is 30.0 Å². The Bertz CT molecular complexity index is 586. The molecule has 0 saturated carbocycles. The number of rotatable bonds is 3.